The van der Waals surface area contributed by atoms with Gasteiger partial charge in [-0.15, -0.1) is 0 Å². The third-order valence-corrected chi connectivity index (χ3v) is 2.12. The first kappa shape index (κ1) is 30.4. The second kappa shape index (κ2) is 15.0. The number of aliphatic hydroxyl groups is 1. The van der Waals surface area contributed by atoms with Crippen LogP contribution in [-0.2, 0) is 14.4 Å². The number of carboxylic acid groups (broad SMARTS) is 3. The fourth-order valence-electron chi connectivity index (χ4n) is 1.28. The number of nitrogens with two attached hydrogens (primary N) is 1. The molecule has 0 aliphatic rings. The molecule has 124 valence electrons. The Balaban J connectivity index is -0.000000145. The Hall–Kier alpha value is -0.515. The van der Waals surface area contributed by atoms with Crippen molar-refractivity contribution in [2.45, 2.75) is 31.4 Å². The van der Waals surface area contributed by atoms with E-state index in [0.717, 1.165) is 0 Å². The molecule has 0 aromatic carbocycles. The Morgan fingerprint density at radius 1 is 1.04 bits per heavy atom. The van der Waals surface area contributed by atoms with Gasteiger partial charge in [-0.2, -0.15) is 0 Å². The van der Waals surface area contributed by atoms with Gasteiger partial charge in [-0.3, -0.25) is 0 Å². The van der Waals surface area contributed by atoms with Gasteiger partial charge in [0.2, 0.25) is 0 Å². The van der Waals surface area contributed by atoms with Crippen molar-refractivity contribution in [3.8, 4) is 0 Å². The molecule has 9 nitrogen and oxygen atoms in total. The van der Waals surface area contributed by atoms with Crippen LogP contribution in [0, 0.1) is 0 Å². The van der Waals surface area contributed by atoms with Crippen LogP contribution in [0.2, 0.25) is 0 Å². The van der Waals surface area contributed by atoms with Crippen molar-refractivity contribution in [1.29, 1.82) is 0 Å². The van der Waals surface area contributed by atoms with E-state index >= 15 is 0 Å². The molecule has 0 rings (SSSR count). The van der Waals surface area contributed by atoms with Gasteiger partial charge in [0.1, 0.15) is 12.6 Å². The van der Waals surface area contributed by atoms with Crippen LogP contribution in [0.4, 0.5) is 0 Å². The third-order valence-electron chi connectivity index (χ3n) is 2.12. The summed E-state index contributed by atoms with van der Waals surface area (Å²) in [5.41, 5.74) is 4.91. The normalized spacial score (nSPS) is 12.4. The van der Waals surface area contributed by atoms with E-state index in [9.17, 15) is 29.7 Å². The topological polar surface area (TPSA) is 167 Å². The summed E-state index contributed by atoms with van der Waals surface area (Å²) in [6.07, 6.45) is -1.59. The fourth-order valence-corrected chi connectivity index (χ4v) is 1.28. The predicted octanol–water partition coefficient (Wildman–Crippen LogP) is -11.2. The summed E-state index contributed by atoms with van der Waals surface area (Å²) in [7, 11) is 5.66. The Morgan fingerprint density at radius 2 is 1.48 bits per heavy atom. The zero-order valence-electron chi connectivity index (χ0n) is 14.4. The number of carboxylic acids is 3. The fraction of sp³-hybridized carbons (Fsp3) is 0.750. The van der Waals surface area contributed by atoms with Crippen LogP contribution in [0.1, 0.15) is 19.3 Å². The van der Waals surface area contributed by atoms with Crippen LogP contribution in [0.25, 0.3) is 0 Å². The Bertz CT molecular complexity index is 362. The molecule has 0 aliphatic carbocycles. The van der Waals surface area contributed by atoms with Crippen molar-refractivity contribution in [2.75, 3.05) is 27.7 Å². The van der Waals surface area contributed by atoms with Crippen molar-refractivity contribution >= 4 is 17.9 Å². The van der Waals surface area contributed by atoms with E-state index in [1.807, 2.05) is 21.1 Å². The van der Waals surface area contributed by atoms with Crippen molar-refractivity contribution < 1.29 is 77.0 Å². The maximum absolute atomic E-state index is 10.0. The van der Waals surface area contributed by atoms with Gasteiger partial charge in [-0.25, -0.2) is 0 Å². The number of hydrogen-bond donors (Lipinski definition) is 2. The molecule has 0 aliphatic heterocycles. The minimum atomic E-state index is -1.44. The third kappa shape index (κ3) is 26.7. The van der Waals surface area contributed by atoms with Crippen LogP contribution in [0.15, 0.2) is 0 Å². The molecule has 3 N–H and O–H groups in total. The van der Waals surface area contributed by atoms with E-state index < -0.39 is 30.1 Å². The van der Waals surface area contributed by atoms with Crippen LogP contribution in [-0.4, -0.2) is 67.3 Å². The van der Waals surface area contributed by atoms with Gasteiger partial charge < -0.3 is 45.0 Å². The molecular formula is C12H22Li2N2O7. The number of aliphatic carboxylic acids is 3. The number of carbonyl (C=O) groups excluding carboxylic acids is 3. The maximum Gasteiger partial charge on any atom is 1.00 e. The molecule has 2 atom stereocenters. The smallest absolute Gasteiger partial charge is 0.550 e. The average molecular weight is 320 g/mol. The number of quaternary nitrogens is 1. The molecule has 0 bridgehead atoms. The molecule has 0 spiro atoms. The number of likely N-dealkylation sites (N-methyl/N-ethyl adjacent to an activating group) is 1. The van der Waals surface area contributed by atoms with E-state index in [4.69, 9.17) is 10.8 Å². The first-order valence-electron chi connectivity index (χ1n) is 6.19. The quantitative estimate of drug-likeness (QED) is 0.328. The Labute approximate surface area is 159 Å². The van der Waals surface area contributed by atoms with Gasteiger partial charge in [0.15, 0.2) is 0 Å². The minimum absolute atomic E-state index is 0. The molecule has 0 aromatic rings. The average Bonchev–Trinajstić information content (AvgIpc) is 2.22. The number of carbonyl (C=O) groups is 3. The summed E-state index contributed by atoms with van der Waals surface area (Å²) in [6, 6.07) is -1.21. The predicted molar refractivity (Wildman–Crippen MR) is 65.8 cm³/mol. The van der Waals surface area contributed by atoms with E-state index in [1.165, 1.54) is 0 Å². The van der Waals surface area contributed by atoms with Gasteiger partial charge in [0.25, 0.3) is 0 Å². The van der Waals surface area contributed by atoms with Gasteiger partial charge >= 0.3 is 37.7 Å². The SMILES string of the molecule is C[N+](C)(C)C[C@H](O)CC(=O)[O-].N[C@@H](CCC(=O)[O-])C(=O)[O-].[Li+].[Li+]. The Morgan fingerprint density at radius 3 is 1.74 bits per heavy atom. The van der Waals surface area contributed by atoms with Crippen molar-refractivity contribution in [2.24, 2.45) is 5.73 Å². The maximum atomic E-state index is 10.0. The number of rotatable bonds is 8. The zero-order valence-corrected chi connectivity index (χ0v) is 14.4. The molecule has 0 aromatic heterocycles. The van der Waals surface area contributed by atoms with E-state index in [0.29, 0.717) is 11.0 Å². The molecule has 0 radical (unpaired) electrons. The monoisotopic (exact) mass is 320 g/mol. The summed E-state index contributed by atoms with van der Waals surface area (Å²) >= 11 is 0. The van der Waals surface area contributed by atoms with Crippen LogP contribution in [0.5, 0.6) is 0 Å². The zero-order chi connectivity index (χ0) is 17.2. The largest absolute Gasteiger partial charge is 1.00 e. The van der Waals surface area contributed by atoms with Crippen molar-refractivity contribution in [1.82, 2.24) is 0 Å². The van der Waals surface area contributed by atoms with Gasteiger partial charge in [0, 0.05) is 24.4 Å². The summed E-state index contributed by atoms with van der Waals surface area (Å²) in [4.78, 5) is 29.6. The summed E-state index contributed by atoms with van der Waals surface area (Å²) in [6.45, 7) is 0.425. The summed E-state index contributed by atoms with van der Waals surface area (Å²) < 4.78 is 0.550. The first-order valence-corrected chi connectivity index (χ1v) is 6.19. The number of hydrogen-bond acceptors (Lipinski definition) is 8. The number of nitrogens with zero attached hydrogens (tertiary/aromatic N) is 1. The molecule has 0 heterocycles. The molecule has 23 heavy (non-hydrogen) atoms. The van der Waals surface area contributed by atoms with Crippen molar-refractivity contribution in [3.63, 3.8) is 0 Å². The van der Waals surface area contributed by atoms with Crippen LogP contribution in [0.3, 0.4) is 0 Å². The van der Waals surface area contributed by atoms with E-state index in [-0.39, 0.29) is 57.0 Å². The molecule has 0 unspecified atom stereocenters. The molecule has 0 fully saturated rings. The van der Waals surface area contributed by atoms with Crippen molar-refractivity contribution in [3.05, 3.63) is 0 Å². The second-order valence-corrected chi connectivity index (χ2v) is 5.54. The Kier molecular flexibility index (Phi) is 19.9. The summed E-state index contributed by atoms with van der Waals surface area (Å²) in [5.74, 6) is -3.95. The first-order chi connectivity index (χ1) is 9.35. The van der Waals surface area contributed by atoms with E-state index in [2.05, 4.69) is 0 Å². The van der Waals surface area contributed by atoms with Crippen LogP contribution < -0.4 is 58.8 Å². The molecule has 0 saturated carbocycles. The summed E-state index contributed by atoms with van der Waals surface area (Å²) in [5, 5.41) is 38.7. The standard InChI is InChI=1S/C7H15NO3.C5H9NO4.2Li/c1-8(2,3)5-6(9)4-7(10)11;6-3(5(9)10)1-2-4(7)8;;/h6,9H,4-5H2,1-3H3;3H,1-2,6H2,(H,7,8)(H,9,10);;/q;;2*+1/p-2/t6-;3-;;/m10../s1. The van der Waals surface area contributed by atoms with Gasteiger partial charge in [-0.05, 0) is 12.8 Å². The molecular weight excluding hydrogens is 298 g/mol. The molecule has 0 saturated heterocycles. The van der Waals surface area contributed by atoms with Crippen LogP contribution >= 0.6 is 0 Å². The number of aliphatic hydroxyl groups excluding tert-OH is 1. The van der Waals surface area contributed by atoms with E-state index in [1.54, 1.807) is 0 Å². The van der Waals surface area contributed by atoms with Gasteiger partial charge in [-0.1, -0.05) is 0 Å². The molecule has 11 heteroatoms. The minimum Gasteiger partial charge on any atom is -0.550 e. The second-order valence-electron chi connectivity index (χ2n) is 5.54. The van der Waals surface area contributed by atoms with Gasteiger partial charge in [0.05, 0.1) is 27.1 Å². The molecule has 0 amide bonds.